The van der Waals surface area contributed by atoms with Crippen LogP contribution in [0.25, 0.3) is 0 Å². The summed E-state index contributed by atoms with van der Waals surface area (Å²) in [5.74, 6) is 0. The smallest absolute Gasteiger partial charge is 0.233 e. The van der Waals surface area contributed by atoms with Crippen molar-refractivity contribution in [1.29, 1.82) is 0 Å². The van der Waals surface area contributed by atoms with Crippen LogP contribution in [0.3, 0.4) is 0 Å². The van der Waals surface area contributed by atoms with Crippen molar-refractivity contribution in [2.45, 2.75) is 4.59 Å². The van der Waals surface area contributed by atoms with Crippen molar-refractivity contribution in [3.8, 4) is 0 Å². The molecule has 15 heavy (non-hydrogen) atoms. The van der Waals surface area contributed by atoms with E-state index in [1.165, 1.54) is 0 Å². The molecule has 0 atom stereocenters. The molecule has 0 aromatic rings. The van der Waals surface area contributed by atoms with Gasteiger partial charge in [0.05, 0.1) is 0 Å². The maximum Gasteiger partial charge on any atom is 0.489 e. The molecule has 0 rings (SSSR count). The first-order valence-corrected chi connectivity index (χ1v) is 5.78. The van der Waals surface area contributed by atoms with E-state index < -0.39 is 42.7 Å². The molecule has 0 N–H and O–H groups in total. The van der Waals surface area contributed by atoms with Gasteiger partial charge in [-0.05, 0) is 0 Å². The Morgan fingerprint density at radius 1 is 1.00 bits per heavy atom. The zero-order valence-corrected chi connectivity index (χ0v) is 8.33. The van der Waals surface area contributed by atoms with Gasteiger partial charge in [-0.2, -0.15) is 17.2 Å². The zero-order chi connectivity index (χ0) is 12.5. The predicted molar refractivity (Wildman–Crippen MR) is 37.7 cm³/mol. The van der Waals surface area contributed by atoms with Crippen LogP contribution in [-0.4, -0.2) is 39.3 Å². The summed E-state index contributed by atoms with van der Waals surface area (Å²) in [4.78, 5) is 0. The highest BCUT2D eigenvalue weighted by Gasteiger charge is 2.61. The highest BCUT2D eigenvalue weighted by molar-refractivity contribution is 8.06. The van der Waals surface area contributed by atoms with Gasteiger partial charge >= 0.3 is 24.8 Å². The minimum Gasteiger partial charge on any atom is -0.233 e. The predicted octanol–water partition coefficient (Wildman–Crippen LogP) is 0.322. The lowest BCUT2D eigenvalue weighted by atomic mass is 11.2. The molecule has 12 heteroatoms. The van der Waals surface area contributed by atoms with Crippen LogP contribution >= 0.6 is 0 Å². The Kier molecular flexibility index (Phi) is 4.04. The fraction of sp³-hybridized carbons (Fsp3) is 1.00. The summed E-state index contributed by atoms with van der Waals surface area (Å²) in [6, 6.07) is 0. The van der Waals surface area contributed by atoms with E-state index in [4.69, 9.17) is 0 Å². The number of alkyl halides is 4. The molecule has 0 heterocycles. The van der Waals surface area contributed by atoms with Crippen molar-refractivity contribution >= 4 is 20.2 Å². The third-order valence-electron chi connectivity index (χ3n) is 1.19. The largest absolute Gasteiger partial charge is 0.489 e. The lowest BCUT2D eigenvalue weighted by molar-refractivity contribution is 0.143. The van der Waals surface area contributed by atoms with Gasteiger partial charge in [0.2, 0.25) is 0 Å². The maximum absolute atomic E-state index is 12.4. The van der Waals surface area contributed by atoms with Gasteiger partial charge in [0, 0.05) is 0 Å². The number of nitrogens with zero attached hydrogens (tertiary/aromatic N) is 1. The number of sulfonamides is 1. The van der Waals surface area contributed by atoms with Gasteiger partial charge in [-0.15, -0.1) is 4.31 Å². The third-order valence-corrected chi connectivity index (χ3v) is 4.46. The van der Waals surface area contributed by atoms with Gasteiger partial charge in [0.15, 0.2) is 13.6 Å². The minimum absolute atomic E-state index is 1.16. The Bertz CT molecular complexity index is 412. The molecule has 0 radical (unpaired) electrons. The number of hydrogen-bond donors (Lipinski definition) is 0. The number of halogens is 5. The number of rotatable bonds is 5. The van der Waals surface area contributed by atoms with Crippen LogP contribution in [0.4, 0.5) is 21.4 Å². The van der Waals surface area contributed by atoms with Crippen LogP contribution in [0.2, 0.25) is 0 Å². The molecule has 0 aliphatic carbocycles. The summed E-state index contributed by atoms with van der Waals surface area (Å²) in [5.41, 5.74) is 0. The highest BCUT2D eigenvalue weighted by Crippen LogP contribution is 2.32. The molecule has 0 aliphatic heterocycles. The second-order valence-corrected chi connectivity index (χ2v) is 5.72. The number of hydrogen-bond acceptors (Lipinski definition) is 4. The van der Waals surface area contributed by atoms with E-state index in [1.807, 2.05) is 0 Å². The van der Waals surface area contributed by atoms with Crippen LogP contribution in [0.5, 0.6) is 0 Å². The van der Waals surface area contributed by atoms with Crippen LogP contribution in [0.1, 0.15) is 0 Å². The summed E-state index contributed by atoms with van der Waals surface area (Å²) in [5, 5.41) is 0. The molecule has 0 aromatic carbocycles. The first kappa shape index (κ1) is 14.5. The van der Waals surface area contributed by atoms with Crippen molar-refractivity contribution in [2.24, 2.45) is 0 Å². The summed E-state index contributed by atoms with van der Waals surface area (Å²) < 4.78 is 93.7. The first-order chi connectivity index (χ1) is 6.52. The van der Waals surface area contributed by atoms with Gasteiger partial charge in [-0.25, -0.2) is 17.2 Å². The molecule has 0 saturated carbocycles. The molecule has 5 nitrogen and oxygen atoms in total. The van der Waals surface area contributed by atoms with Crippen molar-refractivity contribution in [3.05, 3.63) is 0 Å². The molecule has 0 amide bonds. The quantitative estimate of drug-likeness (QED) is 0.412. The second-order valence-electron chi connectivity index (χ2n) is 2.10. The lowest BCUT2D eigenvalue weighted by Gasteiger charge is -2.19. The molecule has 0 aliphatic rings. The van der Waals surface area contributed by atoms with Gasteiger partial charge in [-0.3, -0.25) is 0 Å². The SMILES string of the molecule is O=S(=O)(F)C(F)(F)S(=O)(=O)N(CF)CF. The molecule has 0 fully saturated rings. The average Bonchev–Trinajstić information content (AvgIpc) is 2.03. The minimum atomic E-state index is -6.82. The summed E-state index contributed by atoms with van der Waals surface area (Å²) in [7, 11) is -13.1. The molecule has 0 aromatic heterocycles. The van der Waals surface area contributed by atoms with Crippen molar-refractivity contribution in [3.63, 3.8) is 0 Å². The Balaban J connectivity index is 5.59. The molecule has 0 unspecified atom stereocenters. The van der Waals surface area contributed by atoms with E-state index in [2.05, 4.69) is 0 Å². The van der Waals surface area contributed by atoms with Crippen LogP contribution in [-0.2, 0) is 20.2 Å². The fourth-order valence-corrected chi connectivity index (χ4v) is 2.32. The second kappa shape index (κ2) is 4.17. The van der Waals surface area contributed by atoms with Crippen LogP contribution < -0.4 is 0 Å². The lowest BCUT2D eigenvalue weighted by Crippen LogP contribution is -2.45. The molecule has 0 saturated heterocycles. The normalized spacial score (nSPS) is 14.5. The van der Waals surface area contributed by atoms with Gasteiger partial charge in [0.25, 0.3) is 0 Å². The molecular formula is C3H4F5NO4S2. The van der Waals surface area contributed by atoms with Crippen LogP contribution in [0, 0.1) is 0 Å². The van der Waals surface area contributed by atoms with E-state index in [9.17, 15) is 38.3 Å². The van der Waals surface area contributed by atoms with Crippen molar-refractivity contribution in [2.75, 3.05) is 13.6 Å². The summed E-state index contributed by atoms with van der Waals surface area (Å²) in [6.07, 6.45) is 0. The molecular weight excluding hydrogens is 273 g/mol. The molecule has 92 valence electrons. The van der Waals surface area contributed by atoms with Gasteiger partial charge in [0.1, 0.15) is 0 Å². The topological polar surface area (TPSA) is 71.5 Å². The summed E-state index contributed by atoms with van der Waals surface area (Å²) in [6.45, 7) is -4.49. The molecule has 0 bridgehead atoms. The Morgan fingerprint density at radius 2 is 1.33 bits per heavy atom. The highest BCUT2D eigenvalue weighted by atomic mass is 32.3. The third kappa shape index (κ3) is 2.36. The molecule has 0 spiro atoms. The Morgan fingerprint density at radius 3 is 1.53 bits per heavy atom. The van der Waals surface area contributed by atoms with Crippen LogP contribution in [0.15, 0.2) is 0 Å². The Hall–Kier alpha value is -0.490. The van der Waals surface area contributed by atoms with E-state index in [1.54, 1.807) is 0 Å². The van der Waals surface area contributed by atoms with Crippen molar-refractivity contribution < 1.29 is 38.3 Å². The summed E-state index contributed by atoms with van der Waals surface area (Å²) >= 11 is 0. The monoisotopic (exact) mass is 277 g/mol. The van der Waals surface area contributed by atoms with E-state index in [0.717, 1.165) is 0 Å². The van der Waals surface area contributed by atoms with Crippen molar-refractivity contribution in [1.82, 2.24) is 4.31 Å². The van der Waals surface area contributed by atoms with Gasteiger partial charge < -0.3 is 0 Å². The van der Waals surface area contributed by atoms with E-state index >= 15 is 0 Å². The van der Waals surface area contributed by atoms with E-state index in [0.29, 0.717) is 0 Å². The average molecular weight is 277 g/mol. The van der Waals surface area contributed by atoms with E-state index in [-0.39, 0.29) is 0 Å². The zero-order valence-electron chi connectivity index (χ0n) is 6.70. The standard InChI is InChI=1S/C3H4F5NO4S2/c4-1-9(2-5)15(12,13)3(6,7)14(8,10)11/h1-2H2. The van der Waals surface area contributed by atoms with Gasteiger partial charge in [-0.1, -0.05) is 3.89 Å². The first-order valence-electron chi connectivity index (χ1n) is 2.96. The Labute approximate surface area is 81.7 Å². The fourth-order valence-electron chi connectivity index (χ4n) is 0.437. The maximum atomic E-state index is 12.4.